The average molecular weight is 257 g/mol. The van der Waals surface area contributed by atoms with Gasteiger partial charge < -0.3 is 0 Å². The van der Waals surface area contributed by atoms with E-state index in [1.807, 2.05) is 4.98 Å². The van der Waals surface area contributed by atoms with Gasteiger partial charge in [0.2, 0.25) is 0 Å². The van der Waals surface area contributed by atoms with Crippen LogP contribution in [0.3, 0.4) is 0 Å². The summed E-state index contributed by atoms with van der Waals surface area (Å²) in [5.74, 6) is -0.0551. The lowest BCUT2D eigenvalue weighted by Crippen LogP contribution is -2.31. The molecule has 1 rings (SSSR count). The number of rotatable bonds is 4. The van der Waals surface area contributed by atoms with E-state index in [0.717, 1.165) is 17.0 Å². The minimum atomic E-state index is -3.08. The van der Waals surface area contributed by atoms with Gasteiger partial charge in [0.15, 0.2) is 0 Å². The number of sulfone groups is 1. The molecule has 0 saturated heterocycles. The SMILES string of the molecule is CS(=O)(=O)CCCn1cc(C#N)c(=O)[nH]c1=O. The lowest BCUT2D eigenvalue weighted by atomic mass is 10.3. The van der Waals surface area contributed by atoms with E-state index in [2.05, 4.69) is 0 Å². The van der Waals surface area contributed by atoms with Crippen LogP contribution >= 0.6 is 0 Å². The van der Waals surface area contributed by atoms with E-state index >= 15 is 0 Å². The first kappa shape index (κ1) is 13.2. The smallest absolute Gasteiger partial charge is 0.299 e. The molecule has 1 aromatic heterocycles. The van der Waals surface area contributed by atoms with Crippen LogP contribution in [0.25, 0.3) is 0 Å². The van der Waals surface area contributed by atoms with Gasteiger partial charge in [-0.2, -0.15) is 5.26 Å². The minimum Gasteiger partial charge on any atom is -0.299 e. The highest BCUT2D eigenvalue weighted by molar-refractivity contribution is 7.90. The summed E-state index contributed by atoms with van der Waals surface area (Å²) in [5, 5.41) is 8.61. The second-order valence-corrected chi connectivity index (χ2v) is 5.85. The molecule has 0 saturated carbocycles. The summed E-state index contributed by atoms with van der Waals surface area (Å²) in [6, 6.07) is 1.65. The Bertz CT molecular complexity index is 663. The van der Waals surface area contributed by atoms with Gasteiger partial charge in [-0.3, -0.25) is 14.3 Å². The second-order valence-electron chi connectivity index (χ2n) is 3.59. The zero-order chi connectivity index (χ0) is 13.1. The van der Waals surface area contributed by atoms with Crippen LogP contribution in [0.15, 0.2) is 15.8 Å². The number of hydrogen-bond donors (Lipinski definition) is 1. The number of aromatic nitrogens is 2. The standard InChI is InChI=1S/C9H11N3O4S/c1-17(15,16)4-2-3-12-6-7(5-10)8(13)11-9(12)14/h6H,2-4H2,1H3,(H,11,13,14). The number of nitriles is 1. The highest BCUT2D eigenvalue weighted by Gasteiger charge is 2.06. The normalized spacial score (nSPS) is 11.1. The van der Waals surface area contributed by atoms with E-state index in [1.54, 1.807) is 6.07 Å². The monoisotopic (exact) mass is 257 g/mol. The first-order valence-electron chi connectivity index (χ1n) is 4.75. The highest BCUT2D eigenvalue weighted by Crippen LogP contribution is 1.93. The Morgan fingerprint density at radius 3 is 2.65 bits per heavy atom. The number of hydrogen-bond acceptors (Lipinski definition) is 5. The highest BCUT2D eigenvalue weighted by atomic mass is 32.2. The number of aryl methyl sites for hydroxylation is 1. The van der Waals surface area contributed by atoms with Crippen molar-refractivity contribution in [2.75, 3.05) is 12.0 Å². The lowest BCUT2D eigenvalue weighted by molar-refractivity contribution is 0.585. The molecule has 0 radical (unpaired) electrons. The number of nitrogens with one attached hydrogen (secondary N) is 1. The molecular formula is C9H11N3O4S. The molecule has 7 nitrogen and oxygen atoms in total. The molecule has 0 unspecified atom stereocenters. The maximum atomic E-state index is 11.3. The van der Waals surface area contributed by atoms with Crippen molar-refractivity contribution in [1.29, 1.82) is 5.26 Å². The van der Waals surface area contributed by atoms with E-state index in [4.69, 9.17) is 5.26 Å². The van der Waals surface area contributed by atoms with E-state index in [-0.39, 0.29) is 24.3 Å². The van der Waals surface area contributed by atoms with Crippen molar-refractivity contribution in [1.82, 2.24) is 9.55 Å². The molecule has 0 fully saturated rings. The Labute approximate surface area is 97.2 Å². The largest absolute Gasteiger partial charge is 0.328 e. The van der Waals surface area contributed by atoms with Crippen LogP contribution < -0.4 is 11.2 Å². The molecule has 0 aliphatic carbocycles. The number of nitrogens with zero attached hydrogens (tertiary/aromatic N) is 2. The van der Waals surface area contributed by atoms with Crippen LogP contribution in [-0.2, 0) is 16.4 Å². The Kier molecular flexibility index (Phi) is 3.85. The molecule has 0 spiro atoms. The first-order chi connectivity index (χ1) is 7.83. The molecule has 0 amide bonds. The molecule has 0 aliphatic rings. The number of aromatic amines is 1. The summed E-state index contributed by atoms with van der Waals surface area (Å²) in [6.07, 6.45) is 2.47. The molecule has 92 valence electrons. The van der Waals surface area contributed by atoms with Crippen LogP contribution in [0.2, 0.25) is 0 Å². The van der Waals surface area contributed by atoms with Gasteiger partial charge in [-0.05, 0) is 6.42 Å². The van der Waals surface area contributed by atoms with Crippen molar-refractivity contribution in [3.8, 4) is 6.07 Å². The molecule has 0 bridgehead atoms. The third-order valence-corrected chi connectivity index (χ3v) is 3.08. The van der Waals surface area contributed by atoms with Gasteiger partial charge in [-0.1, -0.05) is 0 Å². The molecular weight excluding hydrogens is 246 g/mol. The van der Waals surface area contributed by atoms with E-state index in [9.17, 15) is 18.0 Å². The fourth-order valence-electron chi connectivity index (χ4n) is 1.25. The Balaban J connectivity index is 2.90. The molecule has 8 heteroatoms. The van der Waals surface area contributed by atoms with Crippen LogP contribution in [0, 0.1) is 11.3 Å². The zero-order valence-corrected chi connectivity index (χ0v) is 9.95. The van der Waals surface area contributed by atoms with Gasteiger partial charge in [0.1, 0.15) is 21.5 Å². The molecule has 0 atom stereocenters. The molecule has 1 N–H and O–H groups in total. The maximum Gasteiger partial charge on any atom is 0.328 e. The van der Waals surface area contributed by atoms with Gasteiger partial charge in [0.25, 0.3) is 5.56 Å². The third-order valence-electron chi connectivity index (χ3n) is 2.05. The molecule has 17 heavy (non-hydrogen) atoms. The van der Waals surface area contributed by atoms with Gasteiger partial charge in [0.05, 0.1) is 5.75 Å². The fourth-order valence-corrected chi connectivity index (χ4v) is 1.91. The van der Waals surface area contributed by atoms with E-state index in [0.29, 0.717) is 0 Å². The van der Waals surface area contributed by atoms with Crippen molar-refractivity contribution in [3.05, 3.63) is 32.6 Å². The fraction of sp³-hybridized carbons (Fsp3) is 0.444. The second kappa shape index (κ2) is 4.97. The summed E-state index contributed by atoms with van der Waals surface area (Å²) in [6.45, 7) is 0.136. The van der Waals surface area contributed by atoms with Gasteiger partial charge in [0, 0.05) is 19.0 Å². The van der Waals surface area contributed by atoms with Gasteiger partial charge >= 0.3 is 5.69 Å². The Hall–Kier alpha value is -1.88. The summed E-state index contributed by atoms with van der Waals surface area (Å²) in [4.78, 5) is 24.4. The summed E-state index contributed by atoms with van der Waals surface area (Å²) in [7, 11) is -3.08. The first-order valence-corrected chi connectivity index (χ1v) is 6.81. The van der Waals surface area contributed by atoms with E-state index < -0.39 is 21.1 Å². The summed E-state index contributed by atoms with van der Waals surface area (Å²) < 4.78 is 22.9. The summed E-state index contributed by atoms with van der Waals surface area (Å²) in [5.41, 5.74) is -1.57. The topological polar surface area (TPSA) is 113 Å². The summed E-state index contributed by atoms with van der Waals surface area (Å²) >= 11 is 0. The Morgan fingerprint density at radius 2 is 2.12 bits per heavy atom. The maximum absolute atomic E-state index is 11.3. The molecule has 1 heterocycles. The van der Waals surface area contributed by atoms with Crippen LogP contribution in [0.1, 0.15) is 12.0 Å². The van der Waals surface area contributed by atoms with Crippen LogP contribution in [0.5, 0.6) is 0 Å². The average Bonchev–Trinajstić information content (AvgIpc) is 2.19. The van der Waals surface area contributed by atoms with Crippen LogP contribution in [0.4, 0.5) is 0 Å². The minimum absolute atomic E-state index is 0.0551. The molecule has 1 aromatic rings. The van der Waals surface area contributed by atoms with Crippen molar-refractivity contribution in [2.24, 2.45) is 0 Å². The quantitative estimate of drug-likeness (QED) is 0.731. The predicted octanol–water partition coefficient (Wildman–Crippen LogP) is -1.16. The van der Waals surface area contributed by atoms with Crippen molar-refractivity contribution in [2.45, 2.75) is 13.0 Å². The molecule has 0 aliphatic heterocycles. The molecule has 0 aromatic carbocycles. The zero-order valence-electron chi connectivity index (χ0n) is 9.13. The van der Waals surface area contributed by atoms with Gasteiger partial charge in [-0.25, -0.2) is 13.2 Å². The van der Waals surface area contributed by atoms with Crippen molar-refractivity contribution in [3.63, 3.8) is 0 Å². The number of H-pyrrole nitrogens is 1. The van der Waals surface area contributed by atoms with Gasteiger partial charge in [-0.15, -0.1) is 0 Å². The van der Waals surface area contributed by atoms with Crippen LogP contribution in [-0.4, -0.2) is 30.0 Å². The predicted molar refractivity (Wildman–Crippen MR) is 60.4 cm³/mol. The lowest BCUT2D eigenvalue weighted by Gasteiger charge is -2.04. The van der Waals surface area contributed by atoms with Crippen molar-refractivity contribution >= 4 is 9.84 Å². The Morgan fingerprint density at radius 1 is 1.47 bits per heavy atom. The van der Waals surface area contributed by atoms with E-state index in [1.165, 1.54) is 0 Å². The third kappa shape index (κ3) is 3.88. The van der Waals surface area contributed by atoms with Crippen molar-refractivity contribution < 1.29 is 8.42 Å².